The van der Waals surface area contributed by atoms with E-state index in [0.29, 0.717) is 6.42 Å². The Morgan fingerprint density at radius 2 is 1.87 bits per heavy atom. The molecule has 0 aromatic heterocycles. The van der Waals surface area contributed by atoms with E-state index in [1.165, 1.54) is 11.8 Å². The first-order chi connectivity index (χ1) is 10.9. The number of carbonyl (C=O) groups excluding carboxylic acids is 2. The molecule has 0 saturated carbocycles. The van der Waals surface area contributed by atoms with Gasteiger partial charge in [-0.2, -0.15) is 0 Å². The Bertz CT molecular complexity index is 634. The number of hydrogen-bond donors (Lipinski definition) is 2. The maximum Gasteiger partial charge on any atom is 0.290 e. The normalized spacial score (nSPS) is 17.8. The van der Waals surface area contributed by atoms with Gasteiger partial charge in [-0.25, -0.2) is 0 Å². The van der Waals surface area contributed by atoms with E-state index in [9.17, 15) is 14.7 Å². The van der Waals surface area contributed by atoms with E-state index in [4.69, 9.17) is 5.11 Å². The summed E-state index contributed by atoms with van der Waals surface area (Å²) in [5.74, 6) is -1.38. The van der Waals surface area contributed by atoms with Gasteiger partial charge in [-0.1, -0.05) is 12.1 Å². The summed E-state index contributed by atoms with van der Waals surface area (Å²) in [5.41, 5.74) is 1.87. The van der Waals surface area contributed by atoms with Crippen molar-refractivity contribution >= 4 is 17.4 Å². The van der Waals surface area contributed by atoms with Crippen molar-refractivity contribution in [2.24, 2.45) is 0 Å². The molecule has 1 aliphatic rings. The van der Waals surface area contributed by atoms with E-state index in [-0.39, 0.29) is 24.5 Å². The van der Waals surface area contributed by atoms with E-state index in [1.54, 1.807) is 0 Å². The number of anilines is 1. The molecule has 0 saturated heterocycles. The second-order valence-corrected chi connectivity index (χ2v) is 5.78. The third kappa shape index (κ3) is 3.22. The van der Waals surface area contributed by atoms with E-state index < -0.39 is 17.7 Å². The van der Waals surface area contributed by atoms with Gasteiger partial charge in [-0.3, -0.25) is 9.59 Å². The molecule has 124 valence electrons. The predicted octanol–water partition coefficient (Wildman–Crippen LogP) is 1.42. The van der Waals surface area contributed by atoms with Gasteiger partial charge >= 0.3 is 0 Å². The Balaban J connectivity index is 2.43. The Hall–Kier alpha value is -2.34. The standard InChI is InChI=1S/C17H22N2O4/c1-11(21)14-15(12-5-7-13(8-6-12)18(2)3)19(9-4-10-20)17(23)16(14)22/h5-8,15,20,22H,4,9-10H2,1-3H3. The number of hydrogen-bond acceptors (Lipinski definition) is 5. The van der Waals surface area contributed by atoms with Crippen LogP contribution in [0, 0.1) is 0 Å². The minimum absolute atomic E-state index is 0.0633. The van der Waals surface area contributed by atoms with Crippen molar-refractivity contribution in [3.8, 4) is 0 Å². The molecule has 0 fully saturated rings. The van der Waals surface area contributed by atoms with Crippen LogP contribution < -0.4 is 4.90 Å². The van der Waals surface area contributed by atoms with Crippen LogP contribution in [0.5, 0.6) is 0 Å². The molecule has 2 rings (SSSR count). The quantitative estimate of drug-likeness (QED) is 0.829. The number of aliphatic hydroxyl groups excluding tert-OH is 2. The van der Waals surface area contributed by atoms with Crippen molar-refractivity contribution in [2.45, 2.75) is 19.4 Å². The number of Topliss-reactive ketones (excluding diaryl/α,β-unsaturated/α-hetero) is 1. The molecule has 6 heteroatoms. The lowest BCUT2D eigenvalue weighted by Crippen LogP contribution is -2.32. The highest BCUT2D eigenvalue weighted by Crippen LogP contribution is 2.38. The van der Waals surface area contributed by atoms with Gasteiger partial charge in [0.15, 0.2) is 11.5 Å². The van der Waals surface area contributed by atoms with Crippen LogP contribution in [0.25, 0.3) is 0 Å². The average Bonchev–Trinajstić information content (AvgIpc) is 2.77. The molecular formula is C17H22N2O4. The van der Waals surface area contributed by atoms with Crippen LogP contribution in [0.3, 0.4) is 0 Å². The lowest BCUT2D eigenvalue weighted by atomic mass is 9.96. The fourth-order valence-corrected chi connectivity index (χ4v) is 2.79. The van der Waals surface area contributed by atoms with Gasteiger partial charge in [-0.15, -0.1) is 0 Å². The SMILES string of the molecule is CC(=O)C1=C(O)C(=O)N(CCCO)C1c1ccc(N(C)C)cc1. The van der Waals surface area contributed by atoms with Crippen molar-refractivity contribution < 1.29 is 19.8 Å². The number of benzene rings is 1. The number of carbonyl (C=O) groups is 2. The van der Waals surface area contributed by atoms with Gasteiger partial charge in [0.1, 0.15) is 0 Å². The molecule has 0 aliphatic carbocycles. The summed E-state index contributed by atoms with van der Waals surface area (Å²) in [6.45, 7) is 1.55. The Labute approximate surface area is 135 Å². The van der Waals surface area contributed by atoms with Crippen molar-refractivity contribution in [2.75, 3.05) is 32.1 Å². The average molecular weight is 318 g/mol. The molecule has 1 aromatic rings. The first-order valence-electron chi connectivity index (χ1n) is 7.51. The lowest BCUT2D eigenvalue weighted by Gasteiger charge is -2.26. The molecule has 0 bridgehead atoms. The summed E-state index contributed by atoms with van der Waals surface area (Å²) in [4.78, 5) is 27.6. The molecule has 0 spiro atoms. The predicted molar refractivity (Wildman–Crippen MR) is 87.3 cm³/mol. The first kappa shape index (κ1) is 17.0. The van der Waals surface area contributed by atoms with E-state index in [0.717, 1.165) is 11.3 Å². The molecule has 1 aromatic carbocycles. The maximum absolute atomic E-state index is 12.3. The zero-order valence-corrected chi connectivity index (χ0v) is 13.6. The van der Waals surface area contributed by atoms with Crippen molar-refractivity contribution in [1.29, 1.82) is 0 Å². The second-order valence-electron chi connectivity index (χ2n) is 5.78. The molecule has 23 heavy (non-hydrogen) atoms. The van der Waals surface area contributed by atoms with Crippen molar-refractivity contribution in [3.63, 3.8) is 0 Å². The third-order valence-corrected chi connectivity index (χ3v) is 3.97. The smallest absolute Gasteiger partial charge is 0.290 e. The van der Waals surface area contributed by atoms with Crippen LogP contribution in [0.15, 0.2) is 35.6 Å². The van der Waals surface area contributed by atoms with Crippen LogP contribution in [0.2, 0.25) is 0 Å². The molecular weight excluding hydrogens is 296 g/mol. The summed E-state index contributed by atoms with van der Waals surface area (Å²) in [7, 11) is 3.85. The monoisotopic (exact) mass is 318 g/mol. The van der Waals surface area contributed by atoms with E-state index in [2.05, 4.69) is 0 Å². The number of nitrogens with zero attached hydrogens (tertiary/aromatic N) is 2. The van der Waals surface area contributed by atoms with Crippen LogP contribution in [0.1, 0.15) is 24.9 Å². The van der Waals surface area contributed by atoms with Crippen molar-refractivity contribution in [1.82, 2.24) is 4.90 Å². The summed E-state index contributed by atoms with van der Waals surface area (Å²) < 4.78 is 0. The maximum atomic E-state index is 12.3. The Kier molecular flexibility index (Phi) is 5.05. The summed E-state index contributed by atoms with van der Waals surface area (Å²) >= 11 is 0. The molecule has 0 radical (unpaired) electrons. The van der Waals surface area contributed by atoms with E-state index in [1.807, 2.05) is 43.3 Å². The molecule has 1 atom stereocenters. The molecule has 6 nitrogen and oxygen atoms in total. The van der Waals surface area contributed by atoms with Crippen LogP contribution in [-0.4, -0.2) is 54.1 Å². The number of ketones is 1. The van der Waals surface area contributed by atoms with Crippen LogP contribution >= 0.6 is 0 Å². The minimum atomic E-state index is -0.609. The minimum Gasteiger partial charge on any atom is -0.503 e. The zero-order chi connectivity index (χ0) is 17.1. The largest absolute Gasteiger partial charge is 0.503 e. The highest BCUT2D eigenvalue weighted by molar-refractivity contribution is 6.08. The fraction of sp³-hybridized carbons (Fsp3) is 0.412. The number of aliphatic hydroxyl groups is 2. The molecule has 1 amide bonds. The highest BCUT2D eigenvalue weighted by atomic mass is 16.3. The number of amides is 1. The third-order valence-electron chi connectivity index (χ3n) is 3.97. The molecule has 1 aliphatic heterocycles. The first-order valence-corrected chi connectivity index (χ1v) is 7.51. The van der Waals surface area contributed by atoms with Gasteiger partial charge < -0.3 is 20.0 Å². The zero-order valence-electron chi connectivity index (χ0n) is 13.6. The van der Waals surface area contributed by atoms with Gasteiger partial charge in [0.25, 0.3) is 5.91 Å². The molecule has 1 unspecified atom stereocenters. The van der Waals surface area contributed by atoms with Crippen LogP contribution in [0.4, 0.5) is 5.69 Å². The molecule has 1 heterocycles. The van der Waals surface area contributed by atoms with Gasteiger partial charge in [0, 0.05) is 32.9 Å². The second kappa shape index (κ2) is 6.83. The number of rotatable bonds is 6. The topological polar surface area (TPSA) is 81.1 Å². The van der Waals surface area contributed by atoms with Gasteiger partial charge in [-0.05, 0) is 31.0 Å². The Morgan fingerprint density at radius 1 is 1.26 bits per heavy atom. The van der Waals surface area contributed by atoms with Gasteiger partial charge in [0.05, 0.1) is 11.6 Å². The van der Waals surface area contributed by atoms with Crippen LogP contribution in [-0.2, 0) is 9.59 Å². The lowest BCUT2D eigenvalue weighted by molar-refractivity contribution is -0.129. The summed E-state index contributed by atoms with van der Waals surface area (Å²) in [6.07, 6.45) is 0.385. The fourth-order valence-electron chi connectivity index (χ4n) is 2.79. The van der Waals surface area contributed by atoms with Gasteiger partial charge in [0.2, 0.25) is 0 Å². The Morgan fingerprint density at radius 3 is 2.35 bits per heavy atom. The summed E-state index contributed by atoms with van der Waals surface area (Å²) in [5, 5.41) is 19.1. The van der Waals surface area contributed by atoms with Crippen molar-refractivity contribution in [3.05, 3.63) is 41.2 Å². The summed E-state index contributed by atoms with van der Waals surface area (Å²) in [6, 6.07) is 6.89. The highest BCUT2D eigenvalue weighted by Gasteiger charge is 2.41. The van der Waals surface area contributed by atoms with E-state index >= 15 is 0 Å². The molecule has 2 N–H and O–H groups in total.